The maximum absolute atomic E-state index is 2.66. The van der Waals surface area contributed by atoms with Gasteiger partial charge in [0.25, 0.3) is 0 Å². The van der Waals surface area contributed by atoms with Gasteiger partial charge in [0.2, 0.25) is 0 Å². The first-order valence-corrected chi connectivity index (χ1v) is 10.4. The smallest absolute Gasteiger partial charge is 0.0205 e. The molecule has 0 nitrogen and oxygen atoms in total. The van der Waals surface area contributed by atoms with E-state index in [1.807, 2.05) is 0 Å². The minimum Gasteiger partial charge on any atom is -0.0849 e. The van der Waals surface area contributed by atoms with Crippen LogP contribution in [-0.2, 0) is 0 Å². The third-order valence-electron chi connectivity index (χ3n) is 7.30. The molecule has 3 rings (SSSR count). The van der Waals surface area contributed by atoms with E-state index in [0.717, 1.165) is 35.5 Å². The maximum atomic E-state index is 2.66. The number of rotatable bonds is 4. The molecule has 0 N–H and O–H groups in total. The van der Waals surface area contributed by atoms with Crippen molar-refractivity contribution in [1.29, 1.82) is 0 Å². The summed E-state index contributed by atoms with van der Waals surface area (Å²) in [5.41, 5.74) is 0. The molecule has 0 heteroatoms. The van der Waals surface area contributed by atoms with Gasteiger partial charge in [0, 0.05) is 0 Å². The molecule has 3 aliphatic rings. The molecular weight excluding hydrogens is 264 g/mol. The van der Waals surface area contributed by atoms with E-state index in [2.05, 4.69) is 26.0 Å². The van der Waals surface area contributed by atoms with Gasteiger partial charge in [-0.2, -0.15) is 0 Å². The van der Waals surface area contributed by atoms with Gasteiger partial charge >= 0.3 is 0 Å². The zero-order valence-corrected chi connectivity index (χ0v) is 15.1. The molecule has 0 heterocycles. The van der Waals surface area contributed by atoms with Crippen molar-refractivity contribution in [3.05, 3.63) is 12.2 Å². The van der Waals surface area contributed by atoms with Crippen LogP contribution in [0.25, 0.3) is 0 Å². The topological polar surface area (TPSA) is 0 Å². The van der Waals surface area contributed by atoms with Crippen LogP contribution in [0.1, 0.15) is 90.9 Å². The van der Waals surface area contributed by atoms with Gasteiger partial charge in [0.15, 0.2) is 0 Å². The summed E-state index contributed by atoms with van der Waals surface area (Å²) >= 11 is 0. The summed E-state index contributed by atoms with van der Waals surface area (Å²) in [4.78, 5) is 0. The van der Waals surface area contributed by atoms with Gasteiger partial charge in [-0.05, 0) is 74.0 Å². The molecule has 126 valence electrons. The van der Waals surface area contributed by atoms with Crippen molar-refractivity contribution in [2.75, 3.05) is 0 Å². The van der Waals surface area contributed by atoms with Crippen molar-refractivity contribution in [3.8, 4) is 0 Å². The summed E-state index contributed by atoms with van der Waals surface area (Å²) in [6.07, 6.45) is 23.2. The summed E-state index contributed by atoms with van der Waals surface area (Å²) in [5.74, 6) is 5.97. The summed E-state index contributed by atoms with van der Waals surface area (Å²) in [5, 5.41) is 0. The molecule has 0 bridgehead atoms. The quantitative estimate of drug-likeness (QED) is 0.490. The van der Waals surface area contributed by atoms with Gasteiger partial charge in [0.1, 0.15) is 0 Å². The second-order valence-corrected chi connectivity index (χ2v) is 8.88. The standard InChI is InChI=1S/C22H38/c1-3-4-18-7-11-20(12-8-18)22-15-13-21(14-16-22)19-9-5-17(2)6-10-19/h13,15,17-22H,3-12,14,16H2,1-2H3. The van der Waals surface area contributed by atoms with E-state index in [1.165, 1.54) is 77.0 Å². The van der Waals surface area contributed by atoms with E-state index in [4.69, 9.17) is 0 Å². The first-order valence-electron chi connectivity index (χ1n) is 10.4. The summed E-state index contributed by atoms with van der Waals surface area (Å²) in [6.45, 7) is 4.79. The van der Waals surface area contributed by atoms with Crippen molar-refractivity contribution >= 4 is 0 Å². The molecule has 2 fully saturated rings. The fourth-order valence-corrected chi connectivity index (χ4v) is 5.68. The van der Waals surface area contributed by atoms with Crippen molar-refractivity contribution < 1.29 is 0 Å². The Morgan fingerprint density at radius 3 is 1.64 bits per heavy atom. The fourth-order valence-electron chi connectivity index (χ4n) is 5.68. The van der Waals surface area contributed by atoms with Crippen LogP contribution in [0.5, 0.6) is 0 Å². The molecule has 0 aromatic heterocycles. The highest BCUT2D eigenvalue weighted by Gasteiger charge is 2.31. The molecule has 0 spiro atoms. The van der Waals surface area contributed by atoms with Gasteiger partial charge in [-0.25, -0.2) is 0 Å². The molecule has 3 aliphatic carbocycles. The molecule has 0 amide bonds. The number of allylic oxidation sites excluding steroid dienone is 2. The summed E-state index contributed by atoms with van der Waals surface area (Å²) in [7, 11) is 0. The average molecular weight is 303 g/mol. The van der Waals surface area contributed by atoms with E-state index in [-0.39, 0.29) is 0 Å². The second kappa shape index (κ2) is 8.02. The second-order valence-electron chi connectivity index (χ2n) is 8.88. The van der Waals surface area contributed by atoms with E-state index in [0.29, 0.717) is 0 Å². The summed E-state index contributed by atoms with van der Waals surface area (Å²) in [6, 6.07) is 0. The lowest BCUT2D eigenvalue weighted by Gasteiger charge is -2.38. The van der Waals surface area contributed by atoms with Crippen LogP contribution in [0.4, 0.5) is 0 Å². The Hall–Kier alpha value is -0.260. The van der Waals surface area contributed by atoms with Crippen LogP contribution < -0.4 is 0 Å². The first-order chi connectivity index (χ1) is 10.8. The van der Waals surface area contributed by atoms with Crippen LogP contribution in [0.15, 0.2) is 12.2 Å². The Bertz CT molecular complexity index is 339. The Kier molecular flexibility index (Phi) is 6.05. The highest BCUT2D eigenvalue weighted by molar-refractivity contribution is 5.02. The third kappa shape index (κ3) is 4.18. The Morgan fingerprint density at radius 2 is 1.18 bits per heavy atom. The highest BCUT2D eigenvalue weighted by atomic mass is 14.4. The zero-order chi connectivity index (χ0) is 15.4. The fraction of sp³-hybridized carbons (Fsp3) is 0.909. The molecule has 2 unspecified atom stereocenters. The zero-order valence-electron chi connectivity index (χ0n) is 15.1. The molecule has 2 atom stereocenters. The van der Waals surface area contributed by atoms with Crippen LogP contribution in [-0.4, -0.2) is 0 Å². The van der Waals surface area contributed by atoms with Gasteiger partial charge in [0.05, 0.1) is 0 Å². The lowest BCUT2D eigenvalue weighted by atomic mass is 9.68. The Labute approximate surface area is 139 Å². The van der Waals surface area contributed by atoms with Crippen LogP contribution in [0.2, 0.25) is 0 Å². The van der Waals surface area contributed by atoms with Crippen molar-refractivity contribution in [2.24, 2.45) is 35.5 Å². The van der Waals surface area contributed by atoms with Crippen LogP contribution >= 0.6 is 0 Å². The molecule has 0 aliphatic heterocycles. The lowest BCUT2D eigenvalue weighted by molar-refractivity contribution is 0.182. The van der Waals surface area contributed by atoms with Gasteiger partial charge < -0.3 is 0 Å². The van der Waals surface area contributed by atoms with Gasteiger partial charge in [-0.1, -0.05) is 64.5 Å². The average Bonchev–Trinajstić information content (AvgIpc) is 2.57. The minimum atomic E-state index is 0.931. The lowest BCUT2D eigenvalue weighted by Crippen LogP contribution is -2.26. The molecule has 22 heavy (non-hydrogen) atoms. The van der Waals surface area contributed by atoms with E-state index >= 15 is 0 Å². The molecule has 2 saturated carbocycles. The monoisotopic (exact) mass is 302 g/mol. The molecular formula is C22H38. The maximum Gasteiger partial charge on any atom is -0.0205 e. The summed E-state index contributed by atoms with van der Waals surface area (Å²) < 4.78 is 0. The SMILES string of the molecule is CCCC1CCC(C2C=CC(C3CCC(C)CC3)CC2)CC1. The van der Waals surface area contributed by atoms with Gasteiger partial charge in [-0.3, -0.25) is 0 Å². The molecule has 0 radical (unpaired) electrons. The number of hydrogen-bond acceptors (Lipinski definition) is 0. The largest absolute Gasteiger partial charge is 0.0849 e. The van der Waals surface area contributed by atoms with Crippen LogP contribution in [0.3, 0.4) is 0 Å². The van der Waals surface area contributed by atoms with Crippen molar-refractivity contribution in [3.63, 3.8) is 0 Å². The predicted molar refractivity (Wildman–Crippen MR) is 96.8 cm³/mol. The van der Waals surface area contributed by atoms with Crippen molar-refractivity contribution in [1.82, 2.24) is 0 Å². The highest BCUT2D eigenvalue weighted by Crippen LogP contribution is 2.43. The van der Waals surface area contributed by atoms with Gasteiger partial charge in [-0.15, -0.1) is 0 Å². The Balaban J connectivity index is 1.45. The molecule has 0 aromatic carbocycles. The minimum absolute atomic E-state index is 0.931. The first kappa shape index (κ1) is 16.6. The Morgan fingerprint density at radius 1 is 0.682 bits per heavy atom. The van der Waals surface area contributed by atoms with E-state index in [9.17, 15) is 0 Å². The van der Waals surface area contributed by atoms with E-state index in [1.54, 1.807) is 0 Å². The molecule has 0 aromatic rings. The molecule has 0 saturated heterocycles. The van der Waals surface area contributed by atoms with Crippen molar-refractivity contribution in [2.45, 2.75) is 90.9 Å². The van der Waals surface area contributed by atoms with Crippen LogP contribution in [0, 0.1) is 35.5 Å². The third-order valence-corrected chi connectivity index (χ3v) is 7.30. The van der Waals surface area contributed by atoms with E-state index < -0.39 is 0 Å². The normalized spacial score (nSPS) is 43.2. The predicted octanol–water partition coefficient (Wildman–Crippen LogP) is 7.00. The number of hydrogen-bond donors (Lipinski definition) is 0.